The predicted molar refractivity (Wildman–Crippen MR) is 49.0 cm³/mol. The third-order valence-corrected chi connectivity index (χ3v) is 3.03. The van der Waals surface area contributed by atoms with Gasteiger partial charge in [0.25, 0.3) is 0 Å². The normalized spacial score (nSPS) is 21.6. The van der Waals surface area contributed by atoms with Crippen LogP contribution < -0.4 is 10.1 Å². The van der Waals surface area contributed by atoms with Crippen LogP contribution in [0.2, 0.25) is 0 Å². The van der Waals surface area contributed by atoms with Gasteiger partial charge in [-0.25, -0.2) is 0 Å². The lowest BCUT2D eigenvalue weighted by Crippen LogP contribution is -2.13. The minimum absolute atomic E-state index is 0.123. The highest BCUT2D eigenvalue weighted by molar-refractivity contribution is 7.06. The molecule has 0 bridgehead atoms. The molecular formula is C8H10N2O2S. The molecule has 4 nitrogen and oxygen atoms in total. The van der Waals surface area contributed by atoms with Crippen molar-refractivity contribution in [1.82, 2.24) is 9.69 Å². The Hall–Kier alpha value is -1.10. The summed E-state index contributed by atoms with van der Waals surface area (Å²) in [7, 11) is 1.59. The second-order valence-corrected chi connectivity index (χ2v) is 3.81. The van der Waals surface area contributed by atoms with Crippen molar-refractivity contribution in [2.24, 2.45) is 0 Å². The number of ether oxygens (including phenoxy) is 1. The topological polar surface area (TPSA) is 51.2 Å². The molecule has 0 radical (unpaired) electrons. The van der Waals surface area contributed by atoms with E-state index in [1.54, 1.807) is 7.11 Å². The predicted octanol–water partition coefficient (Wildman–Crippen LogP) is 0.755. The zero-order chi connectivity index (χ0) is 9.26. The summed E-state index contributed by atoms with van der Waals surface area (Å²) in [5.41, 5.74) is 0. The van der Waals surface area contributed by atoms with Crippen LogP contribution in [-0.2, 0) is 4.79 Å². The van der Waals surface area contributed by atoms with Crippen molar-refractivity contribution >= 4 is 17.4 Å². The number of rotatable bonds is 2. The van der Waals surface area contributed by atoms with E-state index in [1.165, 1.54) is 11.5 Å². The SMILES string of the molecule is COc1cc(C2CNC(=O)C2)sn1. The van der Waals surface area contributed by atoms with Crippen LogP contribution >= 0.6 is 11.5 Å². The molecule has 1 aromatic rings. The maximum atomic E-state index is 10.9. The van der Waals surface area contributed by atoms with E-state index in [-0.39, 0.29) is 11.8 Å². The molecule has 1 aliphatic rings. The standard InChI is InChI=1S/C8H10N2O2S/c1-12-8-3-6(13-10-8)5-2-7(11)9-4-5/h3,5H,2,4H2,1H3,(H,9,11). The highest BCUT2D eigenvalue weighted by Crippen LogP contribution is 2.29. The molecule has 1 N–H and O–H groups in total. The van der Waals surface area contributed by atoms with E-state index in [4.69, 9.17) is 4.74 Å². The van der Waals surface area contributed by atoms with Crippen molar-refractivity contribution in [3.63, 3.8) is 0 Å². The van der Waals surface area contributed by atoms with Crippen LogP contribution in [0.1, 0.15) is 17.2 Å². The van der Waals surface area contributed by atoms with Crippen LogP contribution in [0, 0.1) is 0 Å². The summed E-state index contributed by atoms with van der Waals surface area (Å²) >= 11 is 1.41. The van der Waals surface area contributed by atoms with Gasteiger partial charge in [-0.3, -0.25) is 4.79 Å². The lowest BCUT2D eigenvalue weighted by atomic mass is 10.1. The van der Waals surface area contributed by atoms with E-state index in [0.29, 0.717) is 12.3 Å². The lowest BCUT2D eigenvalue weighted by Gasteiger charge is -1.99. The van der Waals surface area contributed by atoms with Crippen molar-refractivity contribution in [3.8, 4) is 5.88 Å². The first kappa shape index (κ1) is 8.50. The number of hydrogen-bond donors (Lipinski definition) is 1. The van der Waals surface area contributed by atoms with E-state index >= 15 is 0 Å². The molecule has 1 aromatic heterocycles. The fourth-order valence-corrected chi connectivity index (χ4v) is 2.16. The molecule has 5 heteroatoms. The van der Waals surface area contributed by atoms with Crippen LogP contribution in [0.3, 0.4) is 0 Å². The maximum Gasteiger partial charge on any atom is 0.225 e. The molecular weight excluding hydrogens is 188 g/mol. The van der Waals surface area contributed by atoms with Crippen LogP contribution in [0.15, 0.2) is 6.07 Å². The Morgan fingerprint density at radius 1 is 1.77 bits per heavy atom. The molecule has 13 heavy (non-hydrogen) atoms. The third-order valence-electron chi connectivity index (χ3n) is 2.10. The van der Waals surface area contributed by atoms with Crippen LogP contribution in [-0.4, -0.2) is 23.9 Å². The first-order valence-corrected chi connectivity index (χ1v) is 4.84. The smallest absolute Gasteiger partial charge is 0.225 e. The molecule has 1 atom stereocenters. The molecule has 0 aromatic carbocycles. The molecule has 1 aliphatic heterocycles. The highest BCUT2D eigenvalue weighted by atomic mass is 32.1. The largest absolute Gasteiger partial charge is 0.480 e. The quantitative estimate of drug-likeness (QED) is 0.763. The van der Waals surface area contributed by atoms with Crippen LogP contribution in [0.4, 0.5) is 0 Å². The maximum absolute atomic E-state index is 10.9. The number of carbonyl (C=O) groups is 1. The minimum Gasteiger partial charge on any atom is -0.480 e. The highest BCUT2D eigenvalue weighted by Gasteiger charge is 2.24. The van der Waals surface area contributed by atoms with E-state index in [2.05, 4.69) is 9.69 Å². The molecule has 2 heterocycles. The van der Waals surface area contributed by atoms with Crippen molar-refractivity contribution < 1.29 is 9.53 Å². The summed E-state index contributed by atoms with van der Waals surface area (Å²) < 4.78 is 9.06. The van der Waals surface area contributed by atoms with Gasteiger partial charge in [0.2, 0.25) is 11.8 Å². The van der Waals surface area contributed by atoms with Crippen LogP contribution in [0.5, 0.6) is 5.88 Å². The molecule has 0 aliphatic carbocycles. The number of nitrogens with zero attached hydrogens (tertiary/aromatic N) is 1. The number of aromatic nitrogens is 1. The van der Waals surface area contributed by atoms with Crippen molar-refractivity contribution in [2.45, 2.75) is 12.3 Å². The second kappa shape index (κ2) is 3.33. The summed E-state index contributed by atoms with van der Waals surface area (Å²) in [6, 6.07) is 1.90. The first-order valence-electron chi connectivity index (χ1n) is 4.07. The third kappa shape index (κ3) is 1.65. The van der Waals surface area contributed by atoms with Gasteiger partial charge in [-0.15, -0.1) is 0 Å². The Morgan fingerprint density at radius 2 is 2.62 bits per heavy atom. The fraction of sp³-hybridized carbons (Fsp3) is 0.500. The van der Waals surface area contributed by atoms with E-state index < -0.39 is 0 Å². The van der Waals surface area contributed by atoms with Crippen molar-refractivity contribution in [1.29, 1.82) is 0 Å². The number of methoxy groups -OCH3 is 1. The van der Waals surface area contributed by atoms with E-state index in [9.17, 15) is 4.79 Å². The summed E-state index contributed by atoms with van der Waals surface area (Å²) in [5.74, 6) is 1.05. The van der Waals surface area contributed by atoms with Gasteiger partial charge < -0.3 is 10.1 Å². The monoisotopic (exact) mass is 198 g/mol. The summed E-state index contributed by atoms with van der Waals surface area (Å²) in [4.78, 5) is 12.1. The van der Waals surface area contributed by atoms with Gasteiger partial charge in [0.15, 0.2) is 0 Å². The van der Waals surface area contributed by atoms with Gasteiger partial charge >= 0.3 is 0 Å². The fourth-order valence-electron chi connectivity index (χ4n) is 1.37. The lowest BCUT2D eigenvalue weighted by molar-refractivity contribution is -0.119. The average Bonchev–Trinajstić information content (AvgIpc) is 2.71. The van der Waals surface area contributed by atoms with Gasteiger partial charge in [-0.2, -0.15) is 4.37 Å². The molecule has 1 saturated heterocycles. The molecule has 0 saturated carbocycles. The summed E-state index contributed by atoms with van der Waals surface area (Å²) in [5, 5.41) is 2.79. The average molecular weight is 198 g/mol. The van der Waals surface area contributed by atoms with Crippen LogP contribution in [0.25, 0.3) is 0 Å². The summed E-state index contributed by atoms with van der Waals surface area (Å²) in [6.45, 7) is 0.726. The van der Waals surface area contributed by atoms with Gasteiger partial charge in [-0.1, -0.05) is 0 Å². The van der Waals surface area contributed by atoms with E-state index in [0.717, 1.165) is 11.4 Å². The molecule has 1 amide bonds. The molecule has 2 rings (SSSR count). The number of hydrogen-bond acceptors (Lipinski definition) is 4. The number of nitrogens with one attached hydrogen (secondary N) is 1. The van der Waals surface area contributed by atoms with E-state index in [1.807, 2.05) is 6.07 Å². The molecule has 1 fully saturated rings. The second-order valence-electron chi connectivity index (χ2n) is 2.98. The number of carbonyl (C=O) groups excluding carboxylic acids is 1. The Balaban J connectivity index is 2.12. The Kier molecular flexibility index (Phi) is 2.18. The zero-order valence-electron chi connectivity index (χ0n) is 7.24. The van der Waals surface area contributed by atoms with Gasteiger partial charge in [0.05, 0.1) is 7.11 Å². The minimum atomic E-state index is 0.123. The zero-order valence-corrected chi connectivity index (χ0v) is 8.06. The molecule has 0 spiro atoms. The van der Waals surface area contributed by atoms with Gasteiger partial charge in [0.1, 0.15) is 0 Å². The summed E-state index contributed by atoms with van der Waals surface area (Å²) in [6.07, 6.45) is 0.575. The first-order chi connectivity index (χ1) is 6.29. The molecule has 70 valence electrons. The Labute approximate surface area is 80.1 Å². The van der Waals surface area contributed by atoms with Crippen molar-refractivity contribution in [2.75, 3.05) is 13.7 Å². The van der Waals surface area contributed by atoms with Gasteiger partial charge in [-0.05, 0) is 11.5 Å². The Bertz CT molecular complexity index is 324. The molecule has 1 unspecified atom stereocenters. The van der Waals surface area contributed by atoms with Gasteiger partial charge in [0, 0.05) is 29.8 Å². The number of amides is 1. The Morgan fingerprint density at radius 3 is 3.15 bits per heavy atom. The van der Waals surface area contributed by atoms with Crippen molar-refractivity contribution in [3.05, 3.63) is 10.9 Å².